The van der Waals surface area contributed by atoms with Crippen LogP contribution in [0.2, 0.25) is 0 Å². The zero-order valence-corrected chi connectivity index (χ0v) is 17.5. The number of carbonyl (C=O) groups excluding carboxylic acids is 1. The van der Waals surface area contributed by atoms with Crippen molar-refractivity contribution < 1.29 is 17.9 Å². The quantitative estimate of drug-likeness (QED) is 0.835. The minimum absolute atomic E-state index is 0.0431. The number of carbonyl (C=O) groups is 1. The number of amides is 1. The van der Waals surface area contributed by atoms with E-state index in [0.717, 1.165) is 24.7 Å². The van der Waals surface area contributed by atoms with E-state index in [-0.39, 0.29) is 18.5 Å². The Balaban J connectivity index is 1.51. The first kappa shape index (κ1) is 19.8. The average molecular weight is 415 g/mol. The molecule has 0 saturated heterocycles. The maximum absolute atomic E-state index is 12.9. The molecule has 0 saturated carbocycles. The van der Waals surface area contributed by atoms with Crippen molar-refractivity contribution in [3.05, 3.63) is 59.2 Å². The molecule has 0 aromatic heterocycles. The third-order valence-corrected chi connectivity index (χ3v) is 6.81. The number of aryl methyl sites for hydroxylation is 2. The Morgan fingerprint density at radius 3 is 2.62 bits per heavy atom. The van der Waals surface area contributed by atoms with Gasteiger partial charge >= 0.3 is 0 Å². The molecular weight excluding hydrogens is 388 g/mol. The summed E-state index contributed by atoms with van der Waals surface area (Å²) >= 11 is 0. The summed E-state index contributed by atoms with van der Waals surface area (Å²) in [5.74, 6) is 0.0733. The van der Waals surface area contributed by atoms with Crippen molar-refractivity contribution in [1.29, 1.82) is 0 Å². The predicted octanol–water partition coefficient (Wildman–Crippen LogP) is 2.97. The van der Waals surface area contributed by atoms with Crippen LogP contribution in [0.5, 0.6) is 5.75 Å². The lowest BCUT2D eigenvalue weighted by Gasteiger charge is -2.34. The molecule has 0 spiro atoms. The lowest BCUT2D eigenvalue weighted by Crippen LogP contribution is -2.50. The molecule has 2 aliphatic rings. The van der Waals surface area contributed by atoms with Gasteiger partial charge in [-0.2, -0.15) is 0 Å². The fourth-order valence-corrected chi connectivity index (χ4v) is 4.98. The van der Waals surface area contributed by atoms with Gasteiger partial charge in [0.2, 0.25) is 10.0 Å². The van der Waals surface area contributed by atoms with E-state index in [1.807, 2.05) is 6.92 Å². The number of nitrogens with one attached hydrogen (secondary N) is 1. The summed E-state index contributed by atoms with van der Waals surface area (Å²) < 4.78 is 31.5. The summed E-state index contributed by atoms with van der Waals surface area (Å²) in [5.41, 5.74) is 4.27. The molecule has 2 aromatic carbocycles. The summed E-state index contributed by atoms with van der Waals surface area (Å²) in [6.45, 7) is 1.89. The molecule has 4 rings (SSSR count). The molecule has 1 amide bonds. The third-order valence-electron chi connectivity index (χ3n) is 5.66. The number of hydrogen-bond donors (Lipinski definition) is 1. The van der Waals surface area contributed by atoms with Crippen molar-refractivity contribution in [3.63, 3.8) is 0 Å². The van der Waals surface area contributed by atoms with Crippen molar-refractivity contribution >= 4 is 21.6 Å². The highest BCUT2D eigenvalue weighted by molar-refractivity contribution is 7.92. The monoisotopic (exact) mass is 414 g/mol. The molecule has 154 valence electrons. The van der Waals surface area contributed by atoms with Gasteiger partial charge in [-0.3, -0.25) is 9.10 Å². The van der Waals surface area contributed by atoms with Crippen molar-refractivity contribution in [3.8, 4) is 5.75 Å². The Morgan fingerprint density at radius 2 is 1.86 bits per heavy atom. The van der Waals surface area contributed by atoms with Crippen LogP contribution in [0.25, 0.3) is 0 Å². The summed E-state index contributed by atoms with van der Waals surface area (Å²) in [6, 6.07) is 13.1. The van der Waals surface area contributed by atoms with Crippen LogP contribution in [0.15, 0.2) is 42.5 Å². The Morgan fingerprint density at radius 1 is 1.14 bits per heavy atom. The maximum Gasteiger partial charge on any atom is 0.263 e. The van der Waals surface area contributed by atoms with E-state index in [4.69, 9.17) is 4.74 Å². The van der Waals surface area contributed by atoms with Crippen molar-refractivity contribution in [2.75, 3.05) is 17.1 Å². The van der Waals surface area contributed by atoms with Crippen LogP contribution in [-0.2, 0) is 27.7 Å². The molecule has 0 fully saturated rings. The van der Waals surface area contributed by atoms with Gasteiger partial charge in [-0.25, -0.2) is 8.42 Å². The second-order valence-corrected chi connectivity index (χ2v) is 9.74. The summed E-state index contributed by atoms with van der Waals surface area (Å²) in [6.07, 6.45) is 4.87. The van der Waals surface area contributed by atoms with Crippen LogP contribution < -0.4 is 14.4 Å². The van der Waals surface area contributed by atoms with E-state index < -0.39 is 16.1 Å². The van der Waals surface area contributed by atoms with Crippen molar-refractivity contribution in [2.24, 2.45) is 0 Å². The number of anilines is 1. The maximum atomic E-state index is 12.9. The Bertz CT molecular complexity index is 1030. The topological polar surface area (TPSA) is 75.7 Å². The first-order valence-corrected chi connectivity index (χ1v) is 11.8. The lowest BCUT2D eigenvalue weighted by atomic mass is 9.89. The number of sulfonamides is 1. The number of ether oxygens (including phenoxy) is 1. The van der Waals surface area contributed by atoms with Gasteiger partial charge in [0.15, 0.2) is 6.10 Å². The summed E-state index contributed by atoms with van der Waals surface area (Å²) in [5, 5.41) is 2.99. The van der Waals surface area contributed by atoms with Gasteiger partial charge in [0, 0.05) is 0 Å². The minimum atomic E-state index is -3.52. The van der Waals surface area contributed by atoms with Gasteiger partial charge in [0.25, 0.3) is 5.91 Å². The Labute approximate surface area is 171 Å². The van der Waals surface area contributed by atoms with E-state index in [1.165, 1.54) is 28.3 Å². The third kappa shape index (κ3) is 4.10. The molecule has 6 nitrogen and oxygen atoms in total. The number of nitrogens with zero attached hydrogens (tertiary/aromatic N) is 1. The first-order chi connectivity index (χ1) is 13.8. The number of fused-ring (bicyclic) bond motifs is 2. The van der Waals surface area contributed by atoms with Crippen molar-refractivity contribution in [2.45, 2.75) is 44.8 Å². The number of hydrogen-bond acceptors (Lipinski definition) is 4. The van der Waals surface area contributed by atoms with E-state index in [0.29, 0.717) is 11.4 Å². The average Bonchev–Trinajstić information content (AvgIpc) is 2.71. The van der Waals surface area contributed by atoms with Crippen LogP contribution in [-0.4, -0.2) is 33.2 Å². The number of rotatable bonds is 4. The van der Waals surface area contributed by atoms with Crippen LogP contribution in [0, 0.1) is 0 Å². The SMILES string of the molecule is C[C@@H](NC(=O)[C@H]1CN(S(C)(=O)=O)c2ccccc2O1)c1ccc2c(c1)CCCC2. The molecular formula is C22H26N2O4S. The van der Waals surface area contributed by atoms with Gasteiger partial charge < -0.3 is 10.1 Å². The molecule has 7 heteroatoms. The highest BCUT2D eigenvalue weighted by Crippen LogP contribution is 2.34. The van der Waals surface area contributed by atoms with E-state index in [9.17, 15) is 13.2 Å². The van der Waals surface area contributed by atoms with Gasteiger partial charge in [0.05, 0.1) is 24.5 Å². The second kappa shape index (κ2) is 7.71. The normalized spacial score (nSPS) is 19.5. The fraction of sp³-hybridized carbons (Fsp3) is 0.409. The first-order valence-electron chi connectivity index (χ1n) is 9.98. The van der Waals surface area contributed by atoms with Crippen LogP contribution in [0.4, 0.5) is 5.69 Å². The Kier molecular flexibility index (Phi) is 5.25. The molecule has 1 aliphatic carbocycles. The van der Waals surface area contributed by atoms with Gasteiger partial charge in [-0.1, -0.05) is 30.3 Å². The molecule has 0 radical (unpaired) electrons. The zero-order chi connectivity index (χ0) is 20.6. The summed E-state index contributed by atoms with van der Waals surface area (Å²) in [7, 11) is -3.52. The molecule has 2 aromatic rings. The number of para-hydroxylation sites is 2. The van der Waals surface area contributed by atoms with E-state index in [1.54, 1.807) is 24.3 Å². The minimum Gasteiger partial charge on any atom is -0.476 e. The highest BCUT2D eigenvalue weighted by Gasteiger charge is 2.35. The smallest absolute Gasteiger partial charge is 0.263 e. The molecule has 2 atom stereocenters. The molecule has 0 unspecified atom stereocenters. The fourth-order valence-electron chi connectivity index (χ4n) is 4.07. The van der Waals surface area contributed by atoms with Gasteiger partial charge in [-0.15, -0.1) is 0 Å². The summed E-state index contributed by atoms with van der Waals surface area (Å²) in [4.78, 5) is 12.9. The number of benzene rings is 2. The van der Waals surface area contributed by atoms with Gasteiger partial charge in [0.1, 0.15) is 5.75 Å². The molecule has 1 N–H and O–H groups in total. The lowest BCUT2D eigenvalue weighted by molar-refractivity contribution is -0.128. The molecule has 1 heterocycles. The highest BCUT2D eigenvalue weighted by atomic mass is 32.2. The Hall–Kier alpha value is -2.54. The van der Waals surface area contributed by atoms with Crippen LogP contribution >= 0.6 is 0 Å². The molecule has 0 bridgehead atoms. The zero-order valence-electron chi connectivity index (χ0n) is 16.7. The standard InChI is InChI=1S/C22H26N2O4S/c1-15(17-12-11-16-7-3-4-8-18(16)13-17)23-22(25)21-14-24(29(2,26)27)19-9-5-6-10-20(19)28-21/h5-6,9-13,15,21H,3-4,7-8,14H2,1-2H3,(H,23,25)/t15-,21-/m1/s1. The van der Waals surface area contributed by atoms with E-state index >= 15 is 0 Å². The largest absolute Gasteiger partial charge is 0.476 e. The van der Waals surface area contributed by atoms with Crippen molar-refractivity contribution in [1.82, 2.24) is 5.32 Å². The second-order valence-electron chi connectivity index (χ2n) is 7.83. The van der Waals surface area contributed by atoms with E-state index in [2.05, 4.69) is 23.5 Å². The molecule has 1 aliphatic heterocycles. The van der Waals surface area contributed by atoms with Gasteiger partial charge in [-0.05, 0) is 61.4 Å². The molecule has 29 heavy (non-hydrogen) atoms. The predicted molar refractivity (Wildman–Crippen MR) is 113 cm³/mol. The van der Waals surface area contributed by atoms with Crippen LogP contribution in [0.1, 0.15) is 42.5 Å². The van der Waals surface area contributed by atoms with Crippen LogP contribution in [0.3, 0.4) is 0 Å².